The lowest BCUT2D eigenvalue weighted by molar-refractivity contribution is 0.0951. The number of ether oxygens (including phenoxy) is 3. The molecule has 3 rings (SSSR count). The van der Waals surface area contributed by atoms with E-state index in [2.05, 4.69) is 15.2 Å². The van der Waals surface area contributed by atoms with E-state index in [0.717, 1.165) is 37.3 Å². The fourth-order valence-electron chi connectivity index (χ4n) is 3.27. The fraction of sp³-hybridized carbons (Fsp3) is 0.400. The van der Waals surface area contributed by atoms with Crippen LogP contribution in [0.15, 0.2) is 30.5 Å². The van der Waals surface area contributed by atoms with Gasteiger partial charge in [-0.05, 0) is 42.7 Å². The number of hydrogen-bond donors (Lipinski definition) is 1. The van der Waals surface area contributed by atoms with Gasteiger partial charge in [-0.1, -0.05) is 0 Å². The molecular weight excluding hydrogens is 346 g/mol. The van der Waals surface area contributed by atoms with Crippen molar-refractivity contribution in [3.8, 4) is 17.2 Å². The summed E-state index contributed by atoms with van der Waals surface area (Å²) in [6, 6.07) is 7.25. The van der Waals surface area contributed by atoms with Crippen LogP contribution < -0.4 is 24.4 Å². The molecule has 2 heterocycles. The zero-order valence-electron chi connectivity index (χ0n) is 15.9. The topological polar surface area (TPSA) is 72.9 Å². The van der Waals surface area contributed by atoms with Gasteiger partial charge < -0.3 is 24.4 Å². The van der Waals surface area contributed by atoms with Crippen LogP contribution in [0, 0.1) is 0 Å². The Labute approximate surface area is 159 Å². The molecule has 144 valence electrons. The van der Waals surface area contributed by atoms with Gasteiger partial charge in [-0.25, -0.2) is 4.98 Å². The van der Waals surface area contributed by atoms with E-state index in [0.29, 0.717) is 29.4 Å². The summed E-state index contributed by atoms with van der Waals surface area (Å²) in [5, 5.41) is 2.96. The van der Waals surface area contributed by atoms with Crippen molar-refractivity contribution in [1.82, 2.24) is 10.3 Å². The molecule has 1 aliphatic heterocycles. The number of benzene rings is 1. The van der Waals surface area contributed by atoms with Crippen molar-refractivity contribution in [2.24, 2.45) is 0 Å². The number of pyridine rings is 1. The number of hydrogen-bond acceptors (Lipinski definition) is 6. The lowest BCUT2D eigenvalue weighted by Crippen LogP contribution is -2.28. The van der Waals surface area contributed by atoms with Gasteiger partial charge >= 0.3 is 0 Å². The molecule has 27 heavy (non-hydrogen) atoms. The van der Waals surface area contributed by atoms with E-state index in [1.165, 1.54) is 0 Å². The summed E-state index contributed by atoms with van der Waals surface area (Å²) in [4.78, 5) is 19.3. The maximum Gasteiger partial charge on any atom is 0.255 e. The highest BCUT2D eigenvalue weighted by atomic mass is 16.5. The summed E-state index contributed by atoms with van der Waals surface area (Å²) < 4.78 is 16.1. The minimum atomic E-state index is -0.154. The van der Waals surface area contributed by atoms with Crippen LogP contribution in [-0.2, 0) is 6.54 Å². The maximum atomic E-state index is 12.8. The molecule has 0 saturated carbocycles. The molecule has 7 heteroatoms. The summed E-state index contributed by atoms with van der Waals surface area (Å²) in [5.74, 6) is 2.23. The molecule has 0 unspecified atom stereocenters. The van der Waals surface area contributed by atoms with Gasteiger partial charge in [0.15, 0.2) is 11.5 Å². The van der Waals surface area contributed by atoms with E-state index in [4.69, 9.17) is 14.2 Å². The molecular formula is C20H25N3O4. The zero-order chi connectivity index (χ0) is 19.2. The van der Waals surface area contributed by atoms with Gasteiger partial charge in [0.05, 0.1) is 26.9 Å². The number of nitrogens with zero attached hydrogens (tertiary/aromatic N) is 2. The number of methoxy groups -OCH3 is 3. The third-order valence-corrected chi connectivity index (χ3v) is 4.61. The fourth-order valence-corrected chi connectivity index (χ4v) is 3.27. The molecule has 0 aliphatic carbocycles. The van der Waals surface area contributed by atoms with Crippen molar-refractivity contribution >= 4 is 11.7 Å². The van der Waals surface area contributed by atoms with Crippen LogP contribution in [0.25, 0.3) is 0 Å². The Hall–Kier alpha value is -2.96. The van der Waals surface area contributed by atoms with Crippen LogP contribution in [0.2, 0.25) is 0 Å². The van der Waals surface area contributed by atoms with Gasteiger partial charge in [0.1, 0.15) is 5.82 Å². The largest absolute Gasteiger partial charge is 0.493 e. The molecule has 1 aliphatic rings. The van der Waals surface area contributed by atoms with Crippen LogP contribution in [0.1, 0.15) is 28.8 Å². The first-order valence-corrected chi connectivity index (χ1v) is 8.95. The number of carbonyl (C=O) groups is 1. The van der Waals surface area contributed by atoms with Crippen molar-refractivity contribution in [3.63, 3.8) is 0 Å². The average molecular weight is 371 g/mol. The van der Waals surface area contributed by atoms with Gasteiger partial charge in [0.2, 0.25) is 5.75 Å². The molecule has 2 aromatic rings. The smallest absolute Gasteiger partial charge is 0.255 e. The molecule has 1 aromatic heterocycles. The second kappa shape index (κ2) is 8.62. The number of anilines is 1. The molecule has 0 radical (unpaired) electrons. The second-order valence-electron chi connectivity index (χ2n) is 6.28. The summed E-state index contributed by atoms with van der Waals surface area (Å²) in [6.45, 7) is 2.21. The van der Waals surface area contributed by atoms with Crippen LogP contribution >= 0.6 is 0 Å². The second-order valence-corrected chi connectivity index (χ2v) is 6.28. The first-order chi connectivity index (χ1) is 13.2. The van der Waals surface area contributed by atoms with Crippen LogP contribution in [0.3, 0.4) is 0 Å². The summed E-state index contributed by atoms with van der Waals surface area (Å²) >= 11 is 0. The summed E-state index contributed by atoms with van der Waals surface area (Å²) in [5.41, 5.74) is 1.44. The van der Waals surface area contributed by atoms with Crippen LogP contribution in [0.5, 0.6) is 17.2 Å². The van der Waals surface area contributed by atoms with E-state index in [1.54, 1.807) is 33.6 Å². The summed E-state index contributed by atoms with van der Waals surface area (Å²) in [7, 11) is 4.69. The van der Waals surface area contributed by atoms with Gasteiger partial charge in [0.25, 0.3) is 5.91 Å². The summed E-state index contributed by atoms with van der Waals surface area (Å²) in [6.07, 6.45) is 3.98. The minimum Gasteiger partial charge on any atom is -0.493 e. The molecule has 1 aromatic carbocycles. The van der Waals surface area contributed by atoms with Crippen molar-refractivity contribution < 1.29 is 19.0 Å². The Morgan fingerprint density at radius 3 is 2.37 bits per heavy atom. The van der Waals surface area contributed by atoms with Gasteiger partial charge in [-0.3, -0.25) is 4.79 Å². The lowest BCUT2D eigenvalue weighted by atomic mass is 10.1. The highest BCUT2D eigenvalue weighted by Gasteiger charge is 2.21. The number of amides is 1. The third kappa shape index (κ3) is 4.07. The number of rotatable bonds is 7. The van der Waals surface area contributed by atoms with Crippen molar-refractivity contribution in [2.45, 2.75) is 19.4 Å². The Bertz CT molecular complexity index is 779. The Morgan fingerprint density at radius 2 is 1.78 bits per heavy atom. The lowest BCUT2D eigenvalue weighted by Gasteiger charge is -2.19. The molecule has 1 amide bonds. The Morgan fingerprint density at radius 1 is 1.11 bits per heavy atom. The number of carbonyl (C=O) groups excluding carboxylic acids is 1. The third-order valence-electron chi connectivity index (χ3n) is 4.61. The molecule has 7 nitrogen and oxygen atoms in total. The molecule has 0 spiro atoms. The van der Waals surface area contributed by atoms with Crippen molar-refractivity contribution in [3.05, 3.63) is 41.6 Å². The van der Waals surface area contributed by atoms with Gasteiger partial charge in [-0.2, -0.15) is 0 Å². The first-order valence-electron chi connectivity index (χ1n) is 8.95. The normalized spacial score (nSPS) is 13.4. The molecule has 1 N–H and O–H groups in total. The monoisotopic (exact) mass is 371 g/mol. The maximum absolute atomic E-state index is 12.8. The predicted octanol–water partition coefficient (Wildman–Crippen LogP) is 2.64. The van der Waals surface area contributed by atoms with Crippen molar-refractivity contribution in [1.29, 1.82) is 0 Å². The highest BCUT2D eigenvalue weighted by molar-refractivity contribution is 5.98. The van der Waals surface area contributed by atoms with Crippen molar-refractivity contribution in [2.75, 3.05) is 39.3 Å². The van der Waals surface area contributed by atoms with E-state index in [1.807, 2.05) is 18.2 Å². The Balaban J connectivity index is 1.77. The molecule has 0 atom stereocenters. The molecule has 1 saturated heterocycles. The standard InChI is InChI=1S/C20H25N3O4/c1-25-16-11-14(12-17(26-2)18(16)27-3)13-22-20(24)15-7-6-8-21-19(15)23-9-4-5-10-23/h6-8,11-12H,4-5,9-10,13H2,1-3H3,(H,22,24). The molecule has 0 bridgehead atoms. The van der Waals surface area contributed by atoms with E-state index in [-0.39, 0.29) is 5.91 Å². The van der Waals surface area contributed by atoms with Crippen LogP contribution in [0.4, 0.5) is 5.82 Å². The zero-order valence-corrected chi connectivity index (χ0v) is 15.9. The van der Waals surface area contributed by atoms with E-state index >= 15 is 0 Å². The van der Waals surface area contributed by atoms with Gasteiger partial charge in [-0.15, -0.1) is 0 Å². The van der Waals surface area contributed by atoms with Gasteiger partial charge in [0, 0.05) is 25.8 Å². The van der Waals surface area contributed by atoms with E-state index in [9.17, 15) is 4.79 Å². The Kier molecular flexibility index (Phi) is 6.01. The number of nitrogens with one attached hydrogen (secondary N) is 1. The quantitative estimate of drug-likeness (QED) is 0.807. The highest BCUT2D eigenvalue weighted by Crippen LogP contribution is 2.38. The molecule has 1 fully saturated rings. The number of aromatic nitrogens is 1. The van der Waals surface area contributed by atoms with Crippen LogP contribution in [-0.4, -0.2) is 45.3 Å². The minimum absolute atomic E-state index is 0.154. The van der Waals surface area contributed by atoms with E-state index < -0.39 is 0 Å². The predicted molar refractivity (Wildman–Crippen MR) is 103 cm³/mol. The SMILES string of the molecule is COc1cc(CNC(=O)c2cccnc2N2CCCC2)cc(OC)c1OC. The first kappa shape index (κ1) is 18.8. The average Bonchev–Trinajstić information content (AvgIpc) is 3.25.